The number of amides is 1. The van der Waals surface area contributed by atoms with E-state index in [-0.39, 0.29) is 5.91 Å². The summed E-state index contributed by atoms with van der Waals surface area (Å²) < 4.78 is 5.77. The number of piperidine rings is 1. The fourth-order valence-corrected chi connectivity index (χ4v) is 2.31. The minimum absolute atomic E-state index is 0.107. The second kappa shape index (κ2) is 7.26. The molecule has 0 aromatic heterocycles. The molecule has 0 aliphatic carbocycles. The van der Waals surface area contributed by atoms with E-state index in [0.29, 0.717) is 25.4 Å². The van der Waals surface area contributed by atoms with Crippen LogP contribution in [0.2, 0.25) is 0 Å². The van der Waals surface area contributed by atoms with Gasteiger partial charge in [-0.1, -0.05) is 12.1 Å². The Bertz CT molecular complexity index is 448. The number of nitrogens with two attached hydrogens (primary N) is 1. The maximum Gasteiger partial charge on any atom is 0.220 e. The SMILES string of the molecule is N[C@H](O)CCc1cccc(OCC2CCNC(=O)C2)c1. The number of ether oxygens (including phenoxy) is 1. The van der Waals surface area contributed by atoms with Gasteiger partial charge >= 0.3 is 0 Å². The van der Waals surface area contributed by atoms with Crippen molar-refractivity contribution < 1.29 is 14.6 Å². The molecule has 2 atom stereocenters. The van der Waals surface area contributed by atoms with Gasteiger partial charge in [0.2, 0.25) is 5.91 Å². The molecule has 1 amide bonds. The molecule has 110 valence electrons. The highest BCUT2D eigenvalue weighted by atomic mass is 16.5. The predicted molar refractivity (Wildman–Crippen MR) is 76.2 cm³/mol. The summed E-state index contributed by atoms with van der Waals surface area (Å²) in [5.41, 5.74) is 6.43. The van der Waals surface area contributed by atoms with Crippen LogP contribution >= 0.6 is 0 Å². The molecule has 0 bridgehead atoms. The number of hydrogen-bond acceptors (Lipinski definition) is 4. The number of aliphatic hydroxyl groups excluding tert-OH is 1. The molecular weight excluding hydrogens is 256 g/mol. The number of benzene rings is 1. The monoisotopic (exact) mass is 278 g/mol. The Morgan fingerprint density at radius 2 is 2.35 bits per heavy atom. The molecule has 0 spiro atoms. The fraction of sp³-hybridized carbons (Fsp3) is 0.533. The molecule has 1 saturated heterocycles. The highest BCUT2D eigenvalue weighted by Crippen LogP contribution is 2.18. The van der Waals surface area contributed by atoms with Crippen LogP contribution in [0.4, 0.5) is 0 Å². The average Bonchev–Trinajstić information content (AvgIpc) is 2.43. The number of aryl methyl sites for hydroxylation is 1. The molecule has 20 heavy (non-hydrogen) atoms. The zero-order chi connectivity index (χ0) is 14.4. The van der Waals surface area contributed by atoms with Gasteiger partial charge in [0.25, 0.3) is 0 Å². The quantitative estimate of drug-likeness (QED) is 0.672. The highest BCUT2D eigenvalue weighted by molar-refractivity contribution is 5.76. The van der Waals surface area contributed by atoms with Gasteiger partial charge in [-0.3, -0.25) is 4.79 Å². The van der Waals surface area contributed by atoms with Crippen molar-refractivity contribution in [1.82, 2.24) is 5.32 Å². The first-order chi connectivity index (χ1) is 9.63. The molecular formula is C15H22N2O3. The molecule has 1 aliphatic heterocycles. The molecule has 0 saturated carbocycles. The first-order valence-corrected chi connectivity index (χ1v) is 7.05. The summed E-state index contributed by atoms with van der Waals surface area (Å²) in [6.07, 6.45) is 1.98. The zero-order valence-electron chi connectivity index (χ0n) is 11.5. The first-order valence-electron chi connectivity index (χ1n) is 7.05. The van der Waals surface area contributed by atoms with Crippen LogP contribution in [0.25, 0.3) is 0 Å². The Labute approximate surface area is 119 Å². The summed E-state index contributed by atoms with van der Waals surface area (Å²) in [5, 5.41) is 11.9. The molecule has 1 aromatic carbocycles. The van der Waals surface area contributed by atoms with Gasteiger partial charge in [-0.2, -0.15) is 0 Å². The van der Waals surface area contributed by atoms with Crippen LogP contribution in [0.3, 0.4) is 0 Å². The lowest BCUT2D eigenvalue weighted by Crippen LogP contribution is -2.35. The van der Waals surface area contributed by atoms with E-state index < -0.39 is 6.23 Å². The maximum absolute atomic E-state index is 11.3. The van der Waals surface area contributed by atoms with Crippen molar-refractivity contribution in [2.24, 2.45) is 11.7 Å². The van der Waals surface area contributed by atoms with Gasteiger partial charge in [0.05, 0.1) is 6.61 Å². The van der Waals surface area contributed by atoms with E-state index in [4.69, 9.17) is 15.6 Å². The number of nitrogens with one attached hydrogen (secondary N) is 1. The van der Waals surface area contributed by atoms with Crippen molar-refractivity contribution in [1.29, 1.82) is 0 Å². The van der Waals surface area contributed by atoms with Crippen LogP contribution < -0.4 is 15.8 Å². The van der Waals surface area contributed by atoms with Gasteiger partial charge in [0.1, 0.15) is 12.0 Å². The van der Waals surface area contributed by atoms with Crippen LogP contribution in [-0.4, -0.2) is 30.4 Å². The Kier molecular flexibility index (Phi) is 5.38. The smallest absolute Gasteiger partial charge is 0.220 e. The van der Waals surface area contributed by atoms with Crippen molar-refractivity contribution >= 4 is 5.91 Å². The molecule has 1 aliphatic rings. The zero-order valence-corrected chi connectivity index (χ0v) is 11.5. The summed E-state index contributed by atoms with van der Waals surface area (Å²) in [7, 11) is 0. The highest BCUT2D eigenvalue weighted by Gasteiger charge is 2.19. The third-order valence-electron chi connectivity index (χ3n) is 3.46. The molecule has 5 heteroatoms. The van der Waals surface area contributed by atoms with Crippen LogP contribution in [-0.2, 0) is 11.2 Å². The molecule has 1 fully saturated rings. The second-order valence-electron chi connectivity index (χ2n) is 5.27. The minimum Gasteiger partial charge on any atom is -0.493 e. The molecule has 1 heterocycles. The number of hydrogen-bond donors (Lipinski definition) is 3. The van der Waals surface area contributed by atoms with Gasteiger partial charge in [-0.25, -0.2) is 0 Å². The van der Waals surface area contributed by atoms with Gasteiger partial charge in [0, 0.05) is 18.9 Å². The molecule has 0 radical (unpaired) electrons. The van der Waals surface area contributed by atoms with Gasteiger partial charge in [-0.05, 0) is 37.0 Å². The van der Waals surface area contributed by atoms with E-state index in [1.165, 1.54) is 0 Å². The largest absolute Gasteiger partial charge is 0.493 e. The van der Waals surface area contributed by atoms with Gasteiger partial charge in [0.15, 0.2) is 0 Å². The van der Waals surface area contributed by atoms with E-state index in [1.807, 2.05) is 24.3 Å². The van der Waals surface area contributed by atoms with Crippen molar-refractivity contribution in [2.45, 2.75) is 31.9 Å². The summed E-state index contributed by atoms with van der Waals surface area (Å²) in [6, 6.07) is 7.79. The van der Waals surface area contributed by atoms with E-state index >= 15 is 0 Å². The topological polar surface area (TPSA) is 84.6 Å². The lowest BCUT2D eigenvalue weighted by molar-refractivity contribution is -0.123. The molecule has 4 N–H and O–H groups in total. The summed E-state index contributed by atoms with van der Waals surface area (Å²) in [6.45, 7) is 1.30. The van der Waals surface area contributed by atoms with Crippen LogP contribution in [0.1, 0.15) is 24.8 Å². The molecule has 2 rings (SSSR count). The summed E-state index contributed by atoms with van der Waals surface area (Å²) >= 11 is 0. The summed E-state index contributed by atoms with van der Waals surface area (Å²) in [5.74, 6) is 1.20. The van der Waals surface area contributed by atoms with Crippen LogP contribution in [0, 0.1) is 5.92 Å². The molecule has 1 unspecified atom stereocenters. The van der Waals surface area contributed by atoms with Crippen molar-refractivity contribution in [2.75, 3.05) is 13.2 Å². The Hall–Kier alpha value is -1.59. The lowest BCUT2D eigenvalue weighted by atomic mass is 9.99. The second-order valence-corrected chi connectivity index (χ2v) is 5.27. The average molecular weight is 278 g/mol. The Morgan fingerprint density at radius 1 is 1.50 bits per heavy atom. The van der Waals surface area contributed by atoms with Gasteiger partial charge < -0.3 is 20.9 Å². The normalized spacial score (nSPS) is 20.3. The van der Waals surface area contributed by atoms with Crippen LogP contribution in [0.5, 0.6) is 5.75 Å². The third-order valence-corrected chi connectivity index (χ3v) is 3.46. The third kappa shape index (κ3) is 4.83. The van der Waals surface area contributed by atoms with Gasteiger partial charge in [-0.15, -0.1) is 0 Å². The number of carbonyl (C=O) groups excluding carboxylic acids is 1. The minimum atomic E-state index is -0.777. The maximum atomic E-state index is 11.3. The lowest BCUT2D eigenvalue weighted by Gasteiger charge is -2.22. The number of aliphatic hydroxyl groups is 1. The van der Waals surface area contributed by atoms with Crippen molar-refractivity contribution in [3.05, 3.63) is 29.8 Å². The Morgan fingerprint density at radius 3 is 3.10 bits per heavy atom. The molecule has 1 aromatic rings. The fourth-order valence-electron chi connectivity index (χ4n) is 2.31. The first kappa shape index (κ1) is 14.8. The Balaban J connectivity index is 1.83. The van der Waals surface area contributed by atoms with Crippen molar-refractivity contribution in [3.63, 3.8) is 0 Å². The van der Waals surface area contributed by atoms with E-state index in [2.05, 4.69) is 5.32 Å². The standard InChI is InChI=1S/C15H22N2O3/c16-14(18)5-4-11-2-1-3-13(8-11)20-10-12-6-7-17-15(19)9-12/h1-3,8,12,14,18H,4-7,9-10,16H2,(H,17,19)/t12?,14-/m1/s1. The van der Waals surface area contributed by atoms with Crippen molar-refractivity contribution in [3.8, 4) is 5.75 Å². The van der Waals surface area contributed by atoms with E-state index in [0.717, 1.165) is 30.7 Å². The van der Waals surface area contributed by atoms with E-state index in [9.17, 15) is 4.79 Å². The molecule has 5 nitrogen and oxygen atoms in total. The predicted octanol–water partition coefficient (Wildman–Crippen LogP) is 0.801. The number of carbonyl (C=O) groups is 1. The van der Waals surface area contributed by atoms with E-state index in [1.54, 1.807) is 0 Å². The number of rotatable bonds is 6. The summed E-state index contributed by atoms with van der Waals surface area (Å²) in [4.78, 5) is 11.3. The van der Waals surface area contributed by atoms with Crippen LogP contribution in [0.15, 0.2) is 24.3 Å².